The van der Waals surface area contributed by atoms with Crippen LogP contribution in [0.2, 0.25) is 0 Å². The van der Waals surface area contributed by atoms with E-state index >= 15 is 0 Å². The highest BCUT2D eigenvalue weighted by Gasteiger charge is 2.19. The van der Waals surface area contributed by atoms with Gasteiger partial charge in [0.2, 0.25) is 0 Å². The van der Waals surface area contributed by atoms with Crippen molar-refractivity contribution in [2.75, 3.05) is 18.0 Å². The standard InChI is InChI=1S/C21H21N5O3S/c22-15-8-10-25(11-9-15)19-3-1-2-14-4-7-20(24-21(14)19)26-13-23-17-12-16(30(27,28)29)5-6-18(17)26/h1-7,12-13,15H,8-11,22H2,(H,27,28,29). The summed E-state index contributed by atoms with van der Waals surface area (Å²) in [6, 6.07) is 14.7. The van der Waals surface area contributed by atoms with Gasteiger partial charge in [-0.1, -0.05) is 12.1 Å². The first kappa shape index (κ1) is 19.0. The van der Waals surface area contributed by atoms with E-state index in [1.165, 1.54) is 12.1 Å². The molecule has 0 spiro atoms. The zero-order valence-corrected chi connectivity index (χ0v) is 17.0. The third kappa shape index (κ3) is 3.30. The molecule has 1 aliphatic heterocycles. The summed E-state index contributed by atoms with van der Waals surface area (Å²) in [6.45, 7) is 1.80. The maximum absolute atomic E-state index is 11.4. The van der Waals surface area contributed by atoms with Crippen LogP contribution in [-0.2, 0) is 10.1 Å². The SMILES string of the molecule is NC1CCN(c2cccc3ccc(-n4cnc5cc(S(=O)(=O)O)ccc54)nc23)CC1. The first-order valence-electron chi connectivity index (χ1n) is 9.75. The van der Waals surface area contributed by atoms with Crippen LogP contribution in [0.1, 0.15) is 12.8 Å². The summed E-state index contributed by atoms with van der Waals surface area (Å²) in [4.78, 5) is 11.4. The number of piperidine rings is 1. The number of nitrogens with two attached hydrogens (primary N) is 1. The highest BCUT2D eigenvalue weighted by atomic mass is 32.2. The lowest BCUT2D eigenvalue weighted by Gasteiger charge is -2.32. The molecule has 5 rings (SSSR count). The normalized spacial score (nSPS) is 15.9. The van der Waals surface area contributed by atoms with Crippen molar-refractivity contribution in [3.05, 3.63) is 54.9 Å². The molecule has 2 aromatic heterocycles. The Kier molecular flexibility index (Phi) is 4.46. The highest BCUT2D eigenvalue weighted by molar-refractivity contribution is 7.85. The van der Waals surface area contributed by atoms with Gasteiger partial charge in [0.05, 0.1) is 27.1 Å². The molecule has 4 aromatic rings. The van der Waals surface area contributed by atoms with E-state index in [4.69, 9.17) is 10.7 Å². The summed E-state index contributed by atoms with van der Waals surface area (Å²) in [5.41, 5.74) is 9.22. The Labute approximate surface area is 173 Å². The van der Waals surface area contributed by atoms with Crippen LogP contribution in [0.5, 0.6) is 0 Å². The van der Waals surface area contributed by atoms with Crippen LogP contribution in [0.15, 0.2) is 59.8 Å². The fraction of sp³-hybridized carbons (Fsp3) is 0.238. The Morgan fingerprint density at radius 3 is 2.63 bits per heavy atom. The van der Waals surface area contributed by atoms with Gasteiger partial charge in [0.25, 0.3) is 10.1 Å². The number of hydrogen-bond donors (Lipinski definition) is 2. The number of aromatic nitrogens is 3. The lowest BCUT2D eigenvalue weighted by molar-refractivity contribution is 0.483. The van der Waals surface area contributed by atoms with E-state index < -0.39 is 10.1 Å². The van der Waals surface area contributed by atoms with E-state index in [2.05, 4.69) is 16.0 Å². The Morgan fingerprint density at radius 1 is 1.07 bits per heavy atom. The van der Waals surface area contributed by atoms with Gasteiger partial charge >= 0.3 is 0 Å². The summed E-state index contributed by atoms with van der Waals surface area (Å²) in [7, 11) is -4.28. The van der Waals surface area contributed by atoms with Gasteiger partial charge < -0.3 is 10.6 Å². The Balaban J connectivity index is 1.61. The Hall–Kier alpha value is -3.01. The number of pyridine rings is 1. The first-order valence-corrected chi connectivity index (χ1v) is 11.2. The number of fused-ring (bicyclic) bond motifs is 2. The third-order valence-corrected chi connectivity index (χ3v) is 6.48. The Morgan fingerprint density at radius 2 is 1.87 bits per heavy atom. The summed E-state index contributed by atoms with van der Waals surface area (Å²) < 4.78 is 33.9. The first-order chi connectivity index (χ1) is 14.4. The van der Waals surface area contributed by atoms with Crippen molar-refractivity contribution in [3.8, 4) is 5.82 Å². The van der Waals surface area contributed by atoms with Crippen molar-refractivity contribution < 1.29 is 13.0 Å². The van der Waals surface area contributed by atoms with Crippen LogP contribution >= 0.6 is 0 Å². The van der Waals surface area contributed by atoms with Gasteiger partial charge in [-0.15, -0.1) is 0 Å². The lowest BCUT2D eigenvalue weighted by Crippen LogP contribution is -2.39. The van der Waals surface area contributed by atoms with Crippen LogP contribution in [0.4, 0.5) is 5.69 Å². The van der Waals surface area contributed by atoms with E-state index in [-0.39, 0.29) is 10.9 Å². The minimum atomic E-state index is -4.28. The number of hydrogen-bond acceptors (Lipinski definition) is 6. The maximum Gasteiger partial charge on any atom is 0.294 e. The summed E-state index contributed by atoms with van der Waals surface area (Å²) >= 11 is 0. The largest absolute Gasteiger partial charge is 0.370 e. The van der Waals surface area contributed by atoms with E-state index in [0.717, 1.165) is 42.5 Å². The molecule has 0 aliphatic carbocycles. The molecular formula is C21H21N5O3S. The van der Waals surface area contributed by atoms with Gasteiger partial charge in [-0.2, -0.15) is 8.42 Å². The fourth-order valence-corrected chi connectivity index (χ4v) is 4.49. The number of benzene rings is 2. The van der Waals surface area contributed by atoms with Gasteiger partial charge in [-0.25, -0.2) is 9.97 Å². The second-order valence-corrected chi connectivity index (χ2v) is 9.00. The quantitative estimate of drug-likeness (QED) is 0.487. The van der Waals surface area contributed by atoms with Crippen molar-refractivity contribution in [2.24, 2.45) is 5.73 Å². The van der Waals surface area contributed by atoms with E-state index in [1.54, 1.807) is 12.4 Å². The average molecular weight is 423 g/mol. The monoisotopic (exact) mass is 423 g/mol. The molecule has 154 valence electrons. The molecule has 0 amide bonds. The maximum atomic E-state index is 11.4. The molecule has 0 saturated carbocycles. The number of nitrogens with zero attached hydrogens (tertiary/aromatic N) is 4. The predicted molar refractivity (Wildman–Crippen MR) is 116 cm³/mol. The van der Waals surface area contributed by atoms with Gasteiger partial charge in [0.15, 0.2) is 0 Å². The molecule has 3 heterocycles. The van der Waals surface area contributed by atoms with Crippen LogP contribution in [-0.4, -0.2) is 46.6 Å². The fourth-order valence-electron chi connectivity index (χ4n) is 3.99. The van der Waals surface area contributed by atoms with Crippen molar-refractivity contribution in [2.45, 2.75) is 23.8 Å². The molecule has 2 aromatic carbocycles. The van der Waals surface area contributed by atoms with E-state index in [1.807, 2.05) is 28.8 Å². The molecule has 1 aliphatic rings. The number of anilines is 1. The third-order valence-electron chi connectivity index (χ3n) is 5.63. The topological polar surface area (TPSA) is 114 Å². The summed E-state index contributed by atoms with van der Waals surface area (Å²) in [5.74, 6) is 0.686. The van der Waals surface area contributed by atoms with Crippen molar-refractivity contribution in [1.82, 2.24) is 14.5 Å². The average Bonchev–Trinajstić information content (AvgIpc) is 3.16. The second-order valence-electron chi connectivity index (χ2n) is 7.58. The molecule has 8 nitrogen and oxygen atoms in total. The summed E-state index contributed by atoms with van der Waals surface area (Å²) in [6.07, 6.45) is 3.52. The molecule has 30 heavy (non-hydrogen) atoms. The number of imidazole rings is 1. The predicted octanol–water partition coefficient (Wildman–Crippen LogP) is 2.75. The highest BCUT2D eigenvalue weighted by Crippen LogP contribution is 2.29. The zero-order chi connectivity index (χ0) is 20.9. The van der Waals surface area contributed by atoms with Crippen molar-refractivity contribution in [1.29, 1.82) is 0 Å². The Bertz CT molecular complexity index is 1360. The van der Waals surface area contributed by atoms with E-state index in [0.29, 0.717) is 16.9 Å². The molecule has 0 radical (unpaired) electrons. The number of rotatable bonds is 3. The van der Waals surface area contributed by atoms with Gasteiger partial charge in [0.1, 0.15) is 12.1 Å². The zero-order valence-electron chi connectivity index (χ0n) is 16.1. The second kappa shape index (κ2) is 7.05. The van der Waals surface area contributed by atoms with Gasteiger partial charge in [-0.3, -0.25) is 9.12 Å². The van der Waals surface area contributed by atoms with Gasteiger partial charge in [0, 0.05) is 24.5 Å². The molecule has 1 fully saturated rings. The van der Waals surface area contributed by atoms with E-state index in [9.17, 15) is 13.0 Å². The molecular weight excluding hydrogens is 402 g/mol. The van der Waals surface area contributed by atoms with Crippen LogP contribution < -0.4 is 10.6 Å². The minimum absolute atomic E-state index is 0.183. The molecule has 0 atom stereocenters. The van der Waals surface area contributed by atoms with Gasteiger partial charge in [-0.05, 0) is 49.2 Å². The lowest BCUT2D eigenvalue weighted by atomic mass is 10.0. The number of para-hydroxylation sites is 1. The smallest absolute Gasteiger partial charge is 0.294 e. The molecule has 0 unspecified atom stereocenters. The van der Waals surface area contributed by atoms with Crippen LogP contribution in [0, 0.1) is 0 Å². The van der Waals surface area contributed by atoms with Crippen LogP contribution in [0.25, 0.3) is 27.8 Å². The van der Waals surface area contributed by atoms with Crippen molar-refractivity contribution in [3.63, 3.8) is 0 Å². The minimum Gasteiger partial charge on any atom is -0.370 e. The molecule has 0 bridgehead atoms. The van der Waals surface area contributed by atoms with Crippen molar-refractivity contribution >= 4 is 37.7 Å². The molecule has 3 N–H and O–H groups in total. The molecule has 1 saturated heterocycles. The molecule has 9 heteroatoms. The van der Waals surface area contributed by atoms with Crippen LogP contribution in [0.3, 0.4) is 0 Å². The summed E-state index contributed by atoms with van der Waals surface area (Å²) in [5, 5.41) is 1.05.